The zero-order valence-electron chi connectivity index (χ0n) is 11.8. The molecule has 104 valence electrons. The second kappa shape index (κ2) is 4.94. The van der Waals surface area contributed by atoms with E-state index in [-0.39, 0.29) is 0 Å². The van der Waals surface area contributed by atoms with E-state index in [4.69, 9.17) is 16.3 Å². The van der Waals surface area contributed by atoms with Crippen molar-refractivity contribution >= 4 is 28.2 Å². The monoisotopic (exact) mass is 289 g/mol. The second-order valence-corrected chi connectivity index (χ2v) is 5.16. The third-order valence-electron chi connectivity index (χ3n) is 3.43. The fourth-order valence-electron chi connectivity index (χ4n) is 2.54. The molecule has 0 N–H and O–H groups in total. The lowest BCUT2D eigenvalue weighted by Crippen LogP contribution is -1.99. The average Bonchev–Trinajstić information content (AvgIpc) is 2.77. The number of rotatable bonds is 3. The molecule has 0 saturated carbocycles. The van der Waals surface area contributed by atoms with E-state index in [9.17, 15) is 0 Å². The minimum atomic E-state index is 0.495. The highest BCUT2D eigenvalue weighted by Crippen LogP contribution is 2.28. The summed E-state index contributed by atoms with van der Waals surface area (Å²) in [6.45, 7) is 4.11. The molecule has 2 heterocycles. The molecule has 2 aromatic heterocycles. The summed E-state index contributed by atoms with van der Waals surface area (Å²) >= 11 is 6.33. The van der Waals surface area contributed by atoms with Crippen molar-refractivity contribution in [3.05, 3.63) is 34.9 Å². The van der Waals surface area contributed by atoms with Crippen LogP contribution in [-0.2, 0) is 6.42 Å². The number of fused-ring (bicyclic) bond motifs is 3. The molecular weight excluding hydrogens is 274 g/mol. The maximum Gasteiger partial charge on any atom is 0.155 e. The van der Waals surface area contributed by atoms with Crippen LogP contribution in [0.2, 0.25) is 5.15 Å². The number of methoxy groups -OCH3 is 1. The Morgan fingerprint density at radius 3 is 2.80 bits per heavy atom. The highest BCUT2D eigenvalue weighted by Gasteiger charge is 2.15. The maximum atomic E-state index is 6.33. The van der Waals surface area contributed by atoms with Crippen LogP contribution in [0.4, 0.5) is 0 Å². The summed E-state index contributed by atoms with van der Waals surface area (Å²) in [5.41, 5.74) is 3.62. The van der Waals surface area contributed by atoms with Gasteiger partial charge in [0, 0.05) is 12.5 Å². The van der Waals surface area contributed by atoms with Gasteiger partial charge in [0.25, 0.3) is 0 Å². The average molecular weight is 290 g/mol. The van der Waals surface area contributed by atoms with Crippen LogP contribution in [0.3, 0.4) is 0 Å². The second-order valence-electron chi connectivity index (χ2n) is 4.80. The fraction of sp³-hybridized carbons (Fsp3) is 0.333. The molecule has 20 heavy (non-hydrogen) atoms. The van der Waals surface area contributed by atoms with E-state index in [1.165, 1.54) is 0 Å². The van der Waals surface area contributed by atoms with Gasteiger partial charge in [-0.1, -0.05) is 18.5 Å². The van der Waals surface area contributed by atoms with Crippen LogP contribution in [0.1, 0.15) is 24.9 Å². The van der Waals surface area contributed by atoms with Crippen molar-refractivity contribution in [1.29, 1.82) is 0 Å². The molecule has 5 heteroatoms. The van der Waals surface area contributed by atoms with Gasteiger partial charge in [0.2, 0.25) is 0 Å². The highest BCUT2D eigenvalue weighted by atomic mass is 35.5. The molecule has 0 aliphatic rings. The Bertz CT molecular complexity index is 795. The molecule has 4 nitrogen and oxygen atoms in total. The third kappa shape index (κ3) is 1.91. The van der Waals surface area contributed by atoms with Crippen molar-refractivity contribution in [2.75, 3.05) is 7.11 Å². The molecule has 0 fully saturated rings. The standard InChI is InChI=1S/C15H16ClN3O/c1-4-5-13-17-9(2)14-15(16)18-11-7-6-10(20-3)8-12(11)19(13)14/h6-8H,4-5H2,1-3H3. The van der Waals surface area contributed by atoms with Crippen LogP contribution in [-0.4, -0.2) is 21.5 Å². The largest absolute Gasteiger partial charge is 0.497 e. The third-order valence-corrected chi connectivity index (χ3v) is 3.70. The predicted octanol–water partition coefficient (Wildman–Crippen LogP) is 3.81. The summed E-state index contributed by atoms with van der Waals surface area (Å²) < 4.78 is 7.42. The first-order valence-corrected chi connectivity index (χ1v) is 7.04. The molecule has 0 unspecified atom stereocenters. The van der Waals surface area contributed by atoms with E-state index in [0.717, 1.165) is 46.7 Å². The first kappa shape index (κ1) is 13.2. The van der Waals surface area contributed by atoms with Crippen molar-refractivity contribution in [1.82, 2.24) is 14.4 Å². The number of nitrogens with zero attached hydrogens (tertiary/aromatic N) is 3. The number of halogens is 1. The maximum absolute atomic E-state index is 6.33. The Morgan fingerprint density at radius 2 is 2.10 bits per heavy atom. The summed E-state index contributed by atoms with van der Waals surface area (Å²) in [5, 5.41) is 0.495. The van der Waals surface area contributed by atoms with Gasteiger partial charge in [-0.25, -0.2) is 9.97 Å². The number of aryl methyl sites for hydroxylation is 2. The van der Waals surface area contributed by atoms with Gasteiger partial charge in [-0.3, -0.25) is 4.40 Å². The number of imidazole rings is 1. The highest BCUT2D eigenvalue weighted by molar-refractivity contribution is 6.33. The molecule has 1 aromatic carbocycles. The normalized spacial score (nSPS) is 11.4. The summed E-state index contributed by atoms with van der Waals surface area (Å²) in [5.74, 6) is 1.82. The summed E-state index contributed by atoms with van der Waals surface area (Å²) in [6.07, 6.45) is 1.94. The molecule has 3 rings (SSSR count). The van der Waals surface area contributed by atoms with Crippen LogP contribution in [0.25, 0.3) is 16.6 Å². The van der Waals surface area contributed by atoms with Crippen LogP contribution in [0.5, 0.6) is 5.75 Å². The Hall–Kier alpha value is -1.81. The quantitative estimate of drug-likeness (QED) is 0.736. The number of hydrogen-bond donors (Lipinski definition) is 0. The number of ether oxygens (including phenoxy) is 1. The van der Waals surface area contributed by atoms with Gasteiger partial charge in [-0.05, 0) is 25.5 Å². The predicted molar refractivity (Wildman–Crippen MR) is 80.8 cm³/mol. The van der Waals surface area contributed by atoms with Crippen LogP contribution < -0.4 is 4.74 Å². The minimum Gasteiger partial charge on any atom is -0.497 e. The van der Waals surface area contributed by atoms with Crippen LogP contribution >= 0.6 is 11.6 Å². The lowest BCUT2D eigenvalue weighted by Gasteiger charge is -2.08. The lowest BCUT2D eigenvalue weighted by molar-refractivity contribution is 0.415. The van der Waals surface area contributed by atoms with E-state index in [1.807, 2.05) is 25.1 Å². The van der Waals surface area contributed by atoms with E-state index >= 15 is 0 Å². The van der Waals surface area contributed by atoms with Crippen molar-refractivity contribution in [3.63, 3.8) is 0 Å². The first-order chi connectivity index (χ1) is 9.65. The van der Waals surface area contributed by atoms with Gasteiger partial charge in [0.15, 0.2) is 5.15 Å². The van der Waals surface area contributed by atoms with Crippen molar-refractivity contribution in [3.8, 4) is 5.75 Å². The van der Waals surface area contributed by atoms with Crippen molar-refractivity contribution in [2.24, 2.45) is 0 Å². The Labute approximate surface area is 122 Å². The lowest BCUT2D eigenvalue weighted by atomic mass is 10.2. The molecule has 0 aliphatic carbocycles. The number of hydrogen-bond acceptors (Lipinski definition) is 3. The summed E-state index contributed by atoms with van der Waals surface area (Å²) in [4.78, 5) is 9.11. The van der Waals surface area contributed by atoms with E-state index in [2.05, 4.69) is 21.3 Å². The zero-order valence-corrected chi connectivity index (χ0v) is 12.5. The molecule has 0 atom stereocenters. The molecular formula is C15H16ClN3O. The van der Waals surface area contributed by atoms with E-state index < -0.39 is 0 Å². The summed E-state index contributed by atoms with van der Waals surface area (Å²) in [7, 11) is 1.66. The van der Waals surface area contributed by atoms with E-state index in [0.29, 0.717) is 5.15 Å². The van der Waals surface area contributed by atoms with Gasteiger partial charge < -0.3 is 4.74 Å². The van der Waals surface area contributed by atoms with Crippen molar-refractivity contribution < 1.29 is 4.74 Å². The van der Waals surface area contributed by atoms with Gasteiger partial charge >= 0.3 is 0 Å². The van der Waals surface area contributed by atoms with E-state index in [1.54, 1.807) is 7.11 Å². The smallest absolute Gasteiger partial charge is 0.155 e. The molecule has 0 aliphatic heterocycles. The van der Waals surface area contributed by atoms with Gasteiger partial charge in [-0.2, -0.15) is 0 Å². The molecule has 0 amide bonds. The Morgan fingerprint density at radius 1 is 1.30 bits per heavy atom. The Kier molecular flexibility index (Phi) is 3.26. The van der Waals surface area contributed by atoms with Crippen LogP contribution in [0, 0.1) is 6.92 Å². The zero-order chi connectivity index (χ0) is 14.3. The molecule has 0 radical (unpaired) electrons. The molecule has 0 bridgehead atoms. The number of benzene rings is 1. The molecule has 0 saturated heterocycles. The van der Waals surface area contributed by atoms with Gasteiger partial charge in [0.1, 0.15) is 17.1 Å². The first-order valence-electron chi connectivity index (χ1n) is 6.67. The number of aromatic nitrogens is 3. The van der Waals surface area contributed by atoms with Gasteiger partial charge in [-0.15, -0.1) is 0 Å². The molecule has 3 aromatic rings. The molecule has 0 spiro atoms. The Balaban J connectivity index is 2.47. The van der Waals surface area contributed by atoms with Crippen molar-refractivity contribution in [2.45, 2.75) is 26.7 Å². The SMILES string of the molecule is CCCc1nc(C)c2c(Cl)nc3ccc(OC)cc3n12. The topological polar surface area (TPSA) is 39.4 Å². The minimum absolute atomic E-state index is 0.495. The summed E-state index contributed by atoms with van der Waals surface area (Å²) in [6, 6.07) is 5.79. The fourth-order valence-corrected chi connectivity index (χ4v) is 2.85. The van der Waals surface area contributed by atoms with Crippen LogP contribution in [0.15, 0.2) is 18.2 Å². The van der Waals surface area contributed by atoms with Gasteiger partial charge in [0.05, 0.1) is 23.8 Å².